The largest absolute Gasteiger partial charge is 0.396 e. The van der Waals surface area contributed by atoms with Crippen LogP contribution in [0, 0.1) is 0 Å². The Balaban J connectivity index is 3.20. The summed E-state index contributed by atoms with van der Waals surface area (Å²) in [7, 11) is 0. The lowest BCUT2D eigenvalue weighted by molar-refractivity contribution is 0.305. The standard InChI is InChI=1S/C6H12O2S/c1-2-6(5-8)9-4-3-7/h2,6-8H,1,3-5H2. The Bertz CT molecular complexity index is 75.5. The highest BCUT2D eigenvalue weighted by atomic mass is 32.2. The first-order valence-electron chi connectivity index (χ1n) is 2.81. The summed E-state index contributed by atoms with van der Waals surface area (Å²) in [6, 6.07) is 0. The average molecular weight is 148 g/mol. The normalized spacial score (nSPS) is 13.1. The highest BCUT2D eigenvalue weighted by molar-refractivity contribution is 8.00. The van der Waals surface area contributed by atoms with Gasteiger partial charge in [-0.3, -0.25) is 0 Å². The van der Waals surface area contributed by atoms with E-state index in [4.69, 9.17) is 10.2 Å². The molecule has 3 heteroatoms. The summed E-state index contributed by atoms with van der Waals surface area (Å²) in [6.45, 7) is 3.79. The zero-order valence-electron chi connectivity index (χ0n) is 5.29. The maximum atomic E-state index is 8.58. The first-order valence-corrected chi connectivity index (χ1v) is 3.86. The van der Waals surface area contributed by atoms with Gasteiger partial charge in [-0.05, 0) is 0 Å². The Morgan fingerprint density at radius 3 is 2.56 bits per heavy atom. The van der Waals surface area contributed by atoms with E-state index in [0.29, 0.717) is 5.75 Å². The van der Waals surface area contributed by atoms with E-state index in [1.165, 1.54) is 11.8 Å². The fourth-order valence-corrected chi connectivity index (χ4v) is 1.05. The van der Waals surface area contributed by atoms with Crippen LogP contribution in [0.3, 0.4) is 0 Å². The van der Waals surface area contributed by atoms with Crippen LogP contribution in [0.25, 0.3) is 0 Å². The molecule has 0 aromatic carbocycles. The van der Waals surface area contributed by atoms with Gasteiger partial charge in [-0.2, -0.15) is 0 Å². The van der Waals surface area contributed by atoms with Gasteiger partial charge in [0.15, 0.2) is 0 Å². The van der Waals surface area contributed by atoms with Crippen LogP contribution in [0.4, 0.5) is 0 Å². The lowest BCUT2D eigenvalue weighted by atomic mass is 10.4. The molecular weight excluding hydrogens is 136 g/mol. The van der Waals surface area contributed by atoms with E-state index >= 15 is 0 Å². The van der Waals surface area contributed by atoms with Crippen molar-refractivity contribution >= 4 is 11.8 Å². The van der Waals surface area contributed by atoms with E-state index in [-0.39, 0.29) is 18.5 Å². The van der Waals surface area contributed by atoms with Crippen LogP contribution in [0.2, 0.25) is 0 Å². The van der Waals surface area contributed by atoms with Crippen molar-refractivity contribution in [1.82, 2.24) is 0 Å². The number of thioether (sulfide) groups is 1. The summed E-state index contributed by atoms with van der Waals surface area (Å²) in [6.07, 6.45) is 1.68. The summed E-state index contributed by atoms with van der Waals surface area (Å²) < 4.78 is 0. The molecule has 54 valence electrons. The second-order valence-corrected chi connectivity index (χ2v) is 2.90. The minimum atomic E-state index is 0.0807. The molecule has 1 atom stereocenters. The third-order valence-electron chi connectivity index (χ3n) is 0.866. The number of aliphatic hydroxyl groups excluding tert-OH is 2. The molecule has 0 spiro atoms. The topological polar surface area (TPSA) is 40.5 Å². The molecule has 0 heterocycles. The van der Waals surface area contributed by atoms with E-state index in [1.54, 1.807) is 6.08 Å². The van der Waals surface area contributed by atoms with Gasteiger partial charge in [0.1, 0.15) is 0 Å². The summed E-state index contributed by atoms with van der Waals surface area (Å²) in [5, 5.41) is 17.0. The molecule has 0 aromatic heterocycles. The molecular formula is C6H12O2S. The van der Waals surface area contributed by atoms with Gasteiger partial charge in [0.05, 0.1) is 13.2 Å². The van der Waals surface area contributed by atoms with Crippen molar-refractivity contribution in [3.63, 3.8) is 0 Å². The predicted molar refractivity (Wildman–Crippen MR) is 40.6 cm³/mol. The first kappa shape index (κ1) is 9.01. The van der Waals surface area contributed by atoms with E-state index in [2.05, 4.69) is 6.58 Å². The third kappa shape index (κ3) is 4.51. The van der Waals surface area contributed by atoms with Gasteiger partial charge in [-0.1, -0.05) is 6.08 Å². The molecule has 1 unspecified atom stereocenters. The van der Waals surface area contributed by atoms with Gasteiger partial charge in [0.2, 0.25) is 0 Å². The molecule has 0 bridgehead atoms. The van der Waals surface area contributed by atoms with E-state index in [9.17, 15) is 0 Å². The molecule has 0 fully saturated rings. The molecule has 0 amide bonds. The second kappa shape index (κ2) is 6.13. The zero-order chi connectivity index (χ0) is 7.11. The van der Waals surface area contributed by atoms with E-state index in [1.807, 2.05) is 0 Å². The third-order valence-corrected chi connectivity index (χ3v) is 2.05. The number of hydrogen-bond donors (Lipinski definition) is 2. The molecule has 2 nitrogen and oxygen atoms in total. The molecule has 0 aliphatic carbocycles. The van der Waals surface area contributed by atoms with Crippen LogP contribution in [0.15, 0.2) is 12.7 Å². The Morgan fingerprint density at radius 1 is 1.56 bits per heavy atom. The molecule has 2 N–H and O–H groups in total. The quantitative estimate of drug-likeness (QED) is 0.549. The van der Waals surface area contributed by atoms with Gasteiger partial charge in [-0.15, -0.1) is 18.3 Å². The monoisotopic (exact) mass is 148 g/mol. The Morgan fingerprint density at radius 2 is 2.22 bits per heavy atom. The van der Waals surface area contributed by atoms with Crippen molar-refractivity contribution in [2.75, 3.05) is 19.0 Å². The van der Waals surface area contributed by atoms with Crippen LogP contribution in [-0.4, -0.2) is 34.4 Å². The SMILES string of the molecule is C=CC(CO)SCCO. The number of hydrogen-bond acceptors (Lipinski definition) is 3. The molecule has 0 aliphatic heterocycles. The summed E-state index contributed by atoms with van der Waals surface area (Å²) >= 11 is 1.50. The lowest BCUT2D eigenvalue weighted by Crippen LogP contribution is -2.05. The fourth-order valence-electron chi connectivity index (χ4n) is 0.399. The summed E-state index contributed by atoms with van der Waals surface area (Å²) in [4.78, 5) is 0. The first-order chi connectivity index (χ1) is 4.35. The predicted octanol–water partition coefficient (Wildman–Crippen LogP) is 0.259. The minimum absolute atomic E-state index is 0.0807. The molecule has 0 radical (unpaired) electrons. The molecule has 0 aromatic rings. The summed E-state index contributed by atoms with van der Waals surface area (Å²) in [5.74, 6) is 0.664. The van der Waals surface area contributed by atoms with Crippen molar-refractivity contribution < 1.29 is 10.2 Å². The molecule has 0 saturated heterocycles. The van der Waals surface area contributed by atoms with Crippen LogP contribution >= 0.6 is 11.8 Å². The van der Waals surface area contributed by atoms with Gasteiger partial charge < -0.3 is 10.2 Å². The zero-order valence-corrected chi connectivity index (χ0v) is 6.10. The van der Waals surface area contributed by atoms with E-state index < -0.39 is 0 Å². The highest BCUT2D eigenvalue weighted by Gasteiger charge is 1.99. The smallest absolute Gasteiger partial charge is 0.0585 e. The Kier molecular flexibility index (Phi) is 6.14. The van der Waals surface area contributed by atoms with Gasteiger partial charge in [0.25, 0.3) is 0 Å². The van der Waals surface area contributed by atoms with Crippen molar-refractivity contribution in [1.29, 1.82) is 0 Å². The lowest BCUT2D eigenvalue weighted by Gasteiger charge is -2.05. The maximum Gasteiger partial charge on any atom is 0.0585 e. The Labute approximate surface area is 59.6 Å². The van der Waals surface area contributed by atoms with Gasteiger partial charge >= 0.3 is 0 Å². The maximum absolute atomic E-state index is 8.58. The highest BCUT2D eigenvalue weighted by Crippen LogP contribution is 2.09. The van der Waals surface area contributed by atoms with Gasteiger partial charge in [0, 0.05) is 11.0 Å². The molecule has 0 rings (SSSR count). The fraction of sp³-hybridized carbons (Fsp3) is 0.667. The van der Waals surface area contributed by atoms with Crippen LogP contribution in [0.5, 0.6) is 0 Å². The molecule has 0 aliphatic rings. The van der Waals surface area contributed by atoms with Crippen LogP contribution in [-0.2, 0) is 0 Å². The van der Waals surface area contributed by atoms with Crippen molar-refractivity contribution in [3.05, 3.63) is 12.7 Å². The van der Waals surface area contributed by atoms with E-state index in [0.717, 1.165) is 0 Å². The average Bonchev–Trinajstić information content (AvgIpc) is 1.91. The van der Waals surface area contributed by atoms with Crippen LogP contribution in [0.1, 0.15) is 0 Å². The second-order valence-electron chi connectivity index (χ2n) is 1.55. The van der Waals surface area contributed by atoms with Crippen molar-refractivity contribution in [2.45, 2.75) is 5.25 Å². The molecule has 9 heavy (non-hydrogen) atoms. The van der Waals surface area contributed by atoms with Crippen LogP contribution < -0.4 is 0 Å². The van der Waals surface area contributed by atoms with Crippen molar-refractivity contribution in [3.8, 4) is 0 Å². The van der Waals surface area contributed by atoms with Crippen molar-refractivity contribution in [2.24, 2.45) is 0 Å². The Hall–Kier alpha value is 0.01000. The number of aliphatic hydroxyl groups is 2. The molecule has 0 saturated carbocycles. The summed E-state index contributed by atoms with van der Waals surface area (Å²) in [5.41, 5.74) is 0. The number of rotatable bonds is 5. The van der Waals surface area contributed by atoms with Gasteiger partial charge in [-0.25, -0.2) is 0 Å². The minimum Gasteiger partial charge on any atom is -0.396 e.